The van der Waals surface area contributed by atoms with E-state index in [2.05, 4.69) is 5.32 Å². The second-order valence-corrected chi connectivity index (χ2v) is 6.90. The Morgan fingerprint density at radius 3 is 2.61 bits per heavy atom. The van der Waals surface area contributed by atoms with Crippen molar-refractivity contribution in [3.05, 3.63) is 59.7 Å². The van der Waals surface area contributed by atoms with Crippen molar-refractivity contribution in [3.8, 4) is 11.5 Å². The van der Waals surface area contributed by atoms with Crippen molar-refractivity contribution < 1.29 is 19.1 Å². The molecule has 28 heavy (non-hydrogen) atoms. The molecular formula is C22H22N2O4. The van der Waals surface area contributed by atoms with Crippen LogP contribution in [0.5, 0.6) is 11.5 Å². The number of hydrogen-bond donors (Lipinski definition) is 1. The predicted octanol–water partition coefficient (Wildman–Crippen LogP) is 3.10. The van der Waals surface area contributed by atoms with Gasteiger partial charge in [0, 0.05) is 29.8 Å². The number of carbonyl (C=O) groups is 2. The highest BCUT2D eigenvalue weighted by molar-refractivity contribution is 6.01. The van der Waals surface area contributed by atoms with Gasteiger partial charge < -0.3 is 19.7 Å². The minimum Gasteiger partial charge on any atom is -0.497 e. The molecule has 2 heterocycles. The number of fused-ring (bicyclic) bond motifs is 1. The summed E-state index contributed by atoms with van der Waals surface area (Å²) in [5, 5.41) is 2.92. The molecule has 2 aromatic rings. The Kier molecular flexibility index (Phi) is 4.77. The average molecular weight is 378 g/mol. The van der Waals surface area contributed by atoms with E-state index in [-0.39, 0.29) is 17.9 Å². The fraction of sp³-hybridized carbons (Fsp3) is 0.273. The first-order chi connectivity index (χ1) is 13.6. The van der Waals surface area contributed by atoms with Gasteiger partial charge in [-0.25, -0.2) is 0 Å². The summed E-state index contributed by atoms with van der Waals surface area (Å²) in [5.74, 6) is 1.21. The van der Waals surface area contributed by atoms with Gasteiger partial charge in [0.2, 0.25) is 5.91 Å². The van der Waals surface area contributed by atoms with Gasteiger partial charge in [-0.2, -0.15) is 0 Å². The molecule has 2 atom stereocenters. The summed E-state index contributed by atoms with van der Waals surface area (Å²) in [6, 6.07) is 14.1. The Morgan fingerprint density at radius 1 is 1.21 bits per heavy atom. The molecule has 6 heteroatoms. The summed E-state index contributed by atoms with van der Waals surface area (Å²) in [4.78, 5) is 26.9. The molecule has 0 spiro atoms. The molecule has 144 valence electrons. The average Bonchev–Trinajstić information content (AvgIpc) is 2.71. The van der Waals surface area contributed by atoms with Crippen molar-refractivity contribution in [1.29, 1.82) is 0 Å². The standard InChI is InChI=1S/C22H22N2O4/c1-14-18(13-15-5-3-4-6-19(15)28-14)21(24-12-11-20(24)25)22(26)23-16-7-9-17(27-2)10-8-16/h3-10,13-14,21H,11-12H2,1-2H3,(H,23,26)/t14-,21+/m1/s1. The van der Waals surface area contributed by atoms with Gasteiger partial charge >= 0.3 is 0 Å². The molecule has 1 fully saturated rings. The molecule has 0 saturated carbocycles. The zero-order chi connectivity index (χ0) is 19.7. The van der Waals surface area contributed by atoms with E-state index in [1.165, 1.54) is 0 Å². The lowest BCUT2D eigenvalue weighted by atomic mass is 9.92. The quantitative estimate of drug-likeness (QED) is 0.812. The number of benzene rings is 2. The topological polar surface area (TPSA) is 67.9 Å². The molecule has 0 bridgehead atoms. The molecule has 4 rings (SSSR count). The second-order valence-electron chi connectivity index (χ2n) is 6.90. The number of para-hydroxylation sites is 1. The van der Waals surface area contributed by atoms with E-state index in [9.17, 15) is 9.59 Å². The summed E-state index contributed by atoms with van der Waals surface area (Å²) >= 11 is 0. The molecule has 1 saturated heterocycles. The fourth-order valence-corrected chi connectivity index (χ4v) is 3.53. The van der Waals surface area contributed by atoms with Crippen molar-refractivity contribution in [2.24, 2.45) is 0 Å². The third-order valence-electron chi connectivity index (χ3n) is 5.13. The van der Waals surface area contributed by atoms with Gasteiger partial charge in [0.05, 0.1) is 7.11 Å². The van der Waals surface area contributed by atoms with E-state index in [1.54, 1.807) is 36.3 Å². The number of β-lactam (4-membered cyclic amide) rings is 1. The van der Waals surface area contributed by atoms with Crippen LogP contribution in [0, 0.1) is 0 Å². The number of methoxy groups -OCH3 is 1. The Hall–Kier alpha value is -3.28. The Balaban J connectivity index is 1.64. The molecule has 0 aliphatic carbocycles. The normalized spacial score (nSPS) is 18.9. The zero-order valence-corrected chi connectivity index (χ0v) is 15.8. The lowest BCUT2D eigenvalue weighted by Gasteiger charge is -2.40. The Bertz CT molecular complexity index is 936. The smallest absolute Gasteiger partial charge is 0.251 e. The first-order valence-electron chi connectivity index (χ1n) is 9.28. The number of nitrogens with one attached hydrogen (secondary N) is 1. The largest absolute Gasteiger partial charge is 0.497 e. The first-order valence-corrected chi connectivity index (χ1v) is 9.28. The van der Waals surface area contributed by atoms with Crippen molar-refractivity contribution in [1.82, 2.24) is 4.90 Å². The molecule has 0 radical (unpaired) electrons. The number of rotatable bonds is 5. The molecule has 6 nitrogen and oxygen atoms in total. The second kappa shape index (κ2) is 7.38. The first kappa shape index (κ1) is 18.1. The van der Waals surface area contributed by atoms with Crippen molar-refractivity contribution in [3.63, 3.8) is 0 Å². The number of hydrogen-bond acceptors (Lipinski definition) is 4. The number of ether oxygens (including phenoxy) is 2. The molecule has 1 N–H and O–H groups in total. The molecule has 2 aliphatic rings. The molecule has 2 aliphatic heterocycles. The van der Waals surface area contributed by atoms with Gasteiger partial charge in [-0.05, 0) is 43.3 Å². The van der Waals surface area contributed by atoms with Crippen LogP contribution in [0.4, 0.5) is 5.69 Å². The van der Waals surface area contributed by atoms with E-state index in [4.69, 9.17) is 9.47 Å². The molecule has 0 aromatic heterocycles. The molecule has 2 amide bonds. The highest BCUT2D eigenvalue weighted by atomic mass is 16.5. The van der Waals surface area contributed by atoms with Gasteiger partial charge in [-0.1, -0.05) is 18.2 Å². The van der Waals surface area contributed by atoms with E-state index >= 15 is 0 Å². The summed E-state index contributed by atoms with van der Waals surface area (Å²) in [7, 11) is 1.59. The van der Waals surface area contributed by atoms with Crippen LogP contribution >= 0.6 is 0 Å². The molecule has 2 aromatic carbocycles. The van der Waals surface area contributed by atoms with Crippen LogP contribution in [0.2, 0.25) is 0 Å². The van der Waals surface area contributed by atoms with Gasteiger partial charge in [-0.15, -0.1) is 0 Å². The minimum absolute atomic E-state index is 0.0261. The summed E-state index contributed by atoms with van der Waals surface area (Å²) in [6.45, 7) is 2.46. The van der Waals surface area contributed by atoms with Gasteiger partial charge in [-0.3, -0.25) is 9.59 Å². The van der Waals surface area contributed by atoms with E-state index in [1.807, 2.05) is 37.3 Å². The summed E-state index contributed by atoms with van der Waals surface area (Å²) in [5.41, 5.74) is 2.33. The van der Waals surface area contributed by atoms with Gasteiger partial charge in [0.1, 0.15) is 23.6 Å². The van der Waals surface area contributed by atoms with Crippen LogP contribution in [0.15, 0.2) is 54.1 Å². The van der Waals surface area contributed by atoms with Crippen molar-refractivity contribution in [2.45, 2.75) is 25.5 Å². The summed E-state index contributed by atoms with van der Waals surface area (Å²) < 4.78 is 11.2. The fourth-order valence-electron chi connectivity index (χ4n) is 3.53. The minimum atomic E-state index is -0.702. The van der Waals surface area contributed by atoms with Crippen molar-refractivity contribution >= 4 is 23.6 Å². The van der Waals surface area contributed by atoms with Crippen LogP contribution < -0.4 is 14.8 Å². The Morgan fingerprint density at radius 2 is 1.96 bits per heavy atom. The summed E-state index contributed by atoms with van der Waals surface area (Å²) in [6.07, 6.45) is 2.12. The van der Waals surface area contributed by atoms with Crippen LogP contribution in [-0.4, -0.2) is 42.5 Å². The van der Waals surface area contributed by atoms with E-state index in [0.29, 0.717) is 24.4 Å². The zero-order valence-electron chi connectivity index (χ0n) is 15.8. The predicted molar refractivity (Wildman–Crippen MR) is 106 cm³/mol. The van der Waals surface area contributed by atoms with Gasteiger partial charge in [0.15, 0.2) is 0 Å². The maximum atomic E-state index is 13.2. The van der Waals surface area contributed by atoms with Crippen molar-refractivity contribution in [2.75, 3.05) is 19.0 Å². The number of nitrogens with zero attached hydrogens (tertiary/aromatic N) is 1. The van der Waals surface area contributed by atoms with Gasteiger partial charge in [0.25, 0.3) is 5.91 Å². The number of amides is 2. The Labute approximate surface area is 163 Å². The highest BCUT2D eigenvalue weighted by Crippen LogP contribution is 2.34. The lowest BCUT2D eigenvalue weighted by molar-refractivity contribution is -0.146. The van der Waals surface area contributed by atoms with E-state index < -0.39 is 6.04 Å². The number of carbonyl (C=O) groups excluding carboxylic acids is 2. The third kappa shape index (κ3) is 3.33. The maximum Gasteiger partial charge on any atom is 0.251 e. The molecular weight excluding hydrogens is 356 g/mol. The van der Waals surface area contributed by atoms with Crippen LogP contribution in [0.25, 0.3) is 6.08 Å². The number of likely N-dealkylation sites (tertiary alicyclic amines) is 1. The maximum absolute atomic E-state index is 13.2. The third-order valence-corrected chi connectivity index (χ3v) is 5.13. The SMILES string of the molecule is COc1ccc(NC(=O)[C@H](C2=Cc3ccccc3O[C@@H]2C)N2CCC2=O)cc1. The van der Waals surface area contributed by atoms with Crippen LogP contribution in [0.1, 0.15) is 18.9 Å². The lowest BCUT2D eigenvalue weighted by Crippen LogP contribution is -2.57. The van der Waals surface area contributed by atoms with Crippen LogP contribution in [-0.2, 0) is 9.59 Å². The van der Waals surface area contributed by atoms with E-state index in [0.717, 1.165) is 16.9 Å². The van der Waals surface area contributed by atoms with Crippen LogP contribution in [0.3, 0.4) is 0 Å². The number of anilines is 1. The monoisotopic (exact) mass is 378 g/mol. The molecule has 0 unspecified atom stereocenters. The highest BCUT2D eigenvalue weighted by Gasteiger charge is 2.41.